The third-order valence-corrected chi connectivity index (χ3v) is 9.20. The molecule has 0 bridgehead atoms. The fraction of sp³-hybridized carbons (Fsp3) is 0.300. The maximum atomic E-state index is 13.4. The first-order valence-corrected chi connectivity index (χ1v) is 15.2. The summed E-state index contributed by atoms with van der Waals surface area (Å²) in [7, 11) is 3.10. The second-order valence-electron chi connectivity index (χ2n) is 9.65. The van der Waals surface area contributed by atoms with Crippen molar-refractivity contribution in [3.63, 3.8) is 0 Å². The van der Waals surface area contributed by atoms with Crippen LogP contribution >= 0.6 is 23.1 Å². The zero-order chi connectivity index (χ0) is 29.6. The molecule has 1 unspecified atom stereocenters. The summed E-state index contributed by atoms with van der Waals surface area (Å²) < 4.78 is 11.6. The molecule has 1 aromatic heterocycles. The Morgan fingerprint density at radius 2 is 2.00 bits per heavy atom. The number of nitrogens with one attached hydrogen (secondary N) is 1. The normalized spacial score (nSPS) is 16.6. The molecular weight excluding hydrogens is 573 g/mol. The fourth-order valence-electron chi connectivity index (χ4n) is 5.19. The summed E-state index contributed by atoms with van der Waals surface area (Å²) in [5.74, 6) is 0.638. The topological polar surface area (TPSA) is 143 Å². The number of amides is 1. The number of hydrogen-bond donors (Lipinski definition) is 2. The molecule has 12 heteroatoms. The minimum atomic E-state index is -0.684. The minimum absolute atomic E-state index is 0.0457. The lowest BCUT2D eigenvalue weighted by Crippen LogP contribution is -2.38. The van der Waals surface area contributed by atoms with Gasteiger partial charge in [0.1, 0.15) is 17.3 Å². The van der Waals surface area contributed by atoms with Crippen LogP contribution < -0.4 is 25.4 Å². The van der Waals surface area contributed by atoms with E-state index in [4.69, 9.17) is 15.2 Å². The molecule has 1 aliphatic heterocycles. The van der Waals surface area contributed by atoms with Gasteiger partial charge in [-0.15, -0.1) is 10.2 Å². The number of thioether (sulfide) groups is 1. The van der Waals surface area contributed by atoms with E-state index in [0.717, 1.165) is 12.0 Å². The van der Waals surface area contributed by atoms with Crippen LogP contribution in [0.3, 0.4) is 0 Å². The molecule has 1 amide bonds. The Hall–Kier alpha value is -4.34. The van der Waals surface area contributed by atoms with Gasteiger partial charge in [0.25, 0.3) is 0 Å². The molecule has 10 nitrogen and oxygen atoms in total. The average molecular weight is 603 g/mol. The molecule has 0 radical (unpaired) electrons. The van der Waals surface area contributed by atoms with E-state index in [1.165, 1.54) is 30.2 Å². The van der Waals surface area contributed by atoms with Gasteiger partial charge in [0.2, 0.25) is 11.0 Å². The SMILES string of the molecule is COc1ccc(C2C(C#N)=C(N)N(c3nnc(SCC(=O)NCCc4ccccc4)s3)C3=C2C(=O)CCC3)c(OC)c1. The van der Waals surface area contributed by atoms with Crippen LogP contribution in [-0.2, 0) is 16.0 Å². The summed E-state index contributed by atoms with van der Waals surface area (Å²) >= 11 is 2.54. The van der Waals surface area contributed by atoms with E-state index in [2.05, 4.69) is 21.6 Å². The number of ether oxygens (including phenoxy) is 2. The molecule has 42 heavy (non-hydrogen) atoms. The number of carbonyl (C=O) groups excluding carboxylic acids is 2. The molecule has 3 aromatic rings. The highest BCUT2D eigenvalue weighted by Crippen LogP contribution is 2.49. The van der Waals surface area contributed by atoms with Gasteiger partial charge in [-0.3, -0.25) is 14.5 Å². The fourth-order valence-corrected chi connectivity index (χ4v) is 6.90. The number of rotatable bonds is 10. The lowest BCUT2D eigenvalue weighted by atomic mass is 9.75. The molecule has 1 atom stereocenters. The Morgan fingerprint density at radius 3 is 2.74 bits per heavy atom. The van der Waals surface area contributed by atoms with Crippen molar-refractivity contribution in [2.75, 3.05) is 31.4 Å². The van der Waals surface area contributed by atoms with Crippen LogP contribution in [0.4, 0.5) is 5.13 Å². The zero-order valence-electron chi connectivity index (χ0n) is 23.3. The highest BCUT2D eigenvalue weighted by Gasteiger charge is 2.42. The molecule has 216 valence electrons. The molecule has 2 aliphatic rings. The maximum Gasteiger partial charge on any atom is 0.230 e. The maximum absolute atomic E-state index is 13.4. The zero-order valence-corrected chi connectivity index (χ0v) is 24.9. The lowest BCUT2D eigenvalue weighted by molar-refractivity contribution is -0.118. The van der Waals surface area contributed by atoms with Crippen LogP contribution in [0.25, 0.3) is 0 Å². The highest BCUT2D eigenvalue weighted by atomic mass is 32.2. The summed E-state index contributed by atoms with van der Waals surface area (Å²) in [4.78, 5) is 27.5. The van der Waals surface area contributed by atoms with Crippen LogP contribution in [0.2, 0.25) is 0 Å². The van der Waals surface area contributed by atoms with Gasteiger partial charge >= 0.3 is 0 Å². The number of methoxy groups -OCH3 is 2. The molecule has 0 fully saturated rings. The Morgan fingerprint density at radius 1 is 1.19 bits per heavy atom. The molecule has 5 rings (SSSR count). The van der Waals surface area contributed by atoms with Crippen molar-refractivity contribution in [1.82, 2.24) is 15.5 Å². The second-order valence-corrected chi connectivity index (χ2v) is 11.8. The summed E-state index contributed by atoms with van der Waals surface area (Å²) in [6.07, 6.45) is 2.36. The van der Waals surface area contributed by atoms with Gasteiger partial charge in [0.05, 0.1) is 37.5 Å². The van der Waals surface area contributed by atoms with E-state index in [-0.39, 0.29) is 28.8 Å². The average Bonchev–Trinajstić information content (AvgIpc) is 3.48. The minimum Gasteiger partial charge on any atom is -0.497 e. The first kappa shape index (κ1) is 29.2. The third kappa shape index (κ3) is 5.98. The van der Waals surface area contributed by atoms with Crippen molar-refractivity contribution in [2.24, 2.45) is 5.73 Å². The Kier molecular flexibility index (Phi) is 9.09. The van der Waals surface area contributed by atoms with E-state index >= 15 is 0 Å². The van der Waals surface area contributed by atoms with Gasteiger partial charge in [0.15, 0.2) is 10.1 Å². The van der Waals surface area contributed by atoms with E-state index in [9.17, 15) is 14.9 Å². The van der Waals surface area contributed by atoms with Crippen molar-refractivity contribution in [2.45, 2.75) is 35.9 Å². The number of nitriles is 1. The first-order valence-electron chi connectivity index (χ1n) is 13.4. The van der Waals surface area contributed by atoms with Crippen LogP contribution in [0.15, 0.2) is 75.5 Å². The molecule has 0 spiro atoms. The number of nitrogens with zero attached hydrogens (tertiary/aromatic N) is 4. The molecular formula is C30H30N6O4S2. The Bertz CT molecular complexity index is 1590. The van der Waals surface area contributed by atoms with E-state index < -0.39 is 5.92 Å². The van der Waals surface area contributed by atoms with Gasteiger partial charge in [-0.1, -0.05) is 59.5 Å². The largest absolute Gasteiger partial charge is 0.497 e. The summed E-state index contributed by atoms with van der Waals surface area (Å²) in [6, 6.07) is 17.5. The Labute approximate surface area is 252 Å². The number of nitrogens with two attached hydrogens (primary N) is 1. The smallest absolute Gasteiger partial charge is 0.230 e. The van der Waals surface area contributed by atoms with Crippen molar-refractivity contribution in [3.8, 4) is 17.6 Å². The number of ketones is 1. The second kappa shape index (κ2) is 13.1. The molecule has 3 N–H and O–H groups in total. The van der Waals surface area contributed by atoms with Crippen molar-refractivity contribution in [3.05, 3.63) is 82.3 Å². The number of carbonyl (C=O) groups is 2. The van der Waals surface area contributed by atoms with E-state index in [1.54, 1.807) is 30.2 Å². The number of hydrogen-bond acceptors (Lipinski definition) is 11. The van der Waals surface area contributed by atoms with E-state index in [1.807, 2.05) is 30.3 Å². The van der Waals surface area contributed by atoms with Crippen molar-refractivity contribution >= 4 is 39.9 Å². The number of allylic oxidation sites excluding steroid dienone is 3. The highest BCUT2D eigenvalue weighted by molar-refractivity contribution is 8.01. The van der Waals surface area contributed by atoms with Crippen LogP contribution in [-0.4, -0.2) is 48.4 Å². The standard InChI is InChI=1S/C30H30N6O4S2/c1-39-19-11-12-20(24(15-19)40-2)26-21(16-31)28(32)36(22-9-6-10-23(37)27(22)26)29-34-35-30(42-29)41-17-25(38)33-14-13-18-7-4-3-5-8-18/h3-5,7-8,11-12,15,26H,6,9-10,13-14,17,32H2,1-2H3,(H,33,38). The van der Waals surface area contributed by atoms with E-state index in [0.29, 0.717) is 63.6 Å². The molecule has 2 heterocycles. The van der Waals surface area contributed by atoms with Crippen LogP contribution in [0.1, 0.15) is 36.3 Å². The summed E-state index contributed by atoms with van der Waals surface area (Å²) in [5.41, 5.74) is 9.93. The predicted molar refractivity (Wildman–Crippen MR) is 161 cm³/mol. The lowest BCUT2D eigenvalue weighted by Gasteiger charge is -2.38. The van der Waals surface area contributed by atoms with Gasteiger partial charge in [-0.05, 0) is 30.9 Å². The quantitative estimate of drug-likeness (QED) is 0.322. The monoisotopic (exact) mass is 602 g/mol. The van der Waals surface area contributed by atoms with Gasteiger partial charge in [0, 0.05) is 35.9 Å². The van der Waals surface area contributed by atoms with Crippen molar-refractivity contribution < 1.29 is 19.1 Å². The Balaban J connectivity index is 1.38. The van der Waals surface area contributed by atoms with Crippen LogP contribution in [0.5, 0.6) is 11.5 Å². The van der Waals surface area contributed by atoms with Gasteiger partial charge in [-0.2, -0.15) is 5.26 Å². The number of anilines is 1. The van der Waals surface area contributed by atoms with Crippen molar-refractivity contribution in [1.29, 1.82) is 5.26 Å². The summed E-state index contributed by atoms with van der Waals surface area (Å²) in [6.45, 7) is 0.544. The molecule has 0 saturated carbocycles. The first-order chi connectivity index (χ1) is 20.4. The molecule has 0 saturated heterocycles. The summed E-state index contributed by atoms with van der Waals surface area (Å²) in [5, 5.41) is 22.3. The van der Waals surface area contributed by atoms with Crippen LogP contribution in [0, 0.1) is 11.3 Å². The number of benzene rings is 2. The predicted octanol–water partition coefficient (Wildman–Crippen LogP) is 4.31. The molecule has 1 aliphatic carbocycles. The number of aromatic nitrogens is 2. The third-order valence-electron chi connectivity index (χ3n) is 7.16. The van der Waals surface area contributed by atoms with Gasteiger partial charge in [-0.25, -0.2) is 0 Å². The van der Waals surface area contributed by atoms with Gasteiger partial charge < -0.3 is 20.5 Å². The number of Topliss-reactive ketones (excluding diaryl/α,β-unsaturated/α-hetero) is 1. The molecule has 2 aromatic carbocycles.